The Morgan fingerprint density at radius 2 is 1.71 bits per heavy atom. The molecule has 0 spiro atoms. The zero-order valence-corrected chi connectivity index (χ0v) is 22.1. The molecule has 1 heterocycles. The van der Waals surface area contributed by atoms with Gasteiger partial charge in [-0.3, -0.25) is 9.36 Å². The van der Waals surface area contributed by atoms with Crippen molar-refractivity contribution in [3.05, 3.63) is 111 Å². The standard InChI is InChI=1S/C33H33N3O2/c1-3-8-32-31(21-24-13-15-25(16-14-24)30-12-7-4-9-26(30)22-34)33(37)36(23(2)35-32)27-17-19-29(20-18-27)38-28-10-5-6-11-28/h4,7,9,12-20,28H,3,5-6,8,10-11,21H2,1-2H3. The van der Waals surface area contributed by atoms with Gasteiger partial charge >= 0.3 is 0 Å². The largest absolute Gasteiger partial charge is 0.490 e. The summed E-state index contributed by atoms with van der Waals surface area (Å²) in [5, 5.41) is 9.46. The van der Waals surface area contributed by atoms with Crippen LogP contribution >= 0.6 is 0 Å². The van der Waals surface area contributed by atoms with Gasteiger partial charge in [-0.25, -0.2) is 4.98 Å². The van der Waals surface area contributed by atoms with Crippen molar-refractivity contribution in [2.75, 3.05) is 0 Å². The van der Waals surface area contributed by atoms with E-state index in [1.54, 1.807) is 4.57 Å². The third-order valence-corrected chi connectivity index (χ3v) is 7.31. The minimum absolute atomic E-state index is 0.0238. The summed E-state index contributed by atoms with van der Waals surface area (Å²) in [6.45, 7) is 4.01. The highest BCUT2D eigenvalue weighted by Crippen LogP contribution is 2.26. The van der Waals surface area contributed by atoms with E-state index in [9.17, 15) is 10.1 Å². The van der Waals surface area contributed by atoms with Crippen molar-refractivity contribution < 1.29 is 4.74 Å². The number of ether oxygens (including phenoxy) is 1. The molecule has 0 radical (unpaired) electrons. The van der Waals surface area contributed by atoms with Gasteiger partial charge < -0.3 is 4.74 Å². The Bertz CT molecular complexity index is 1510. The molecule has 1 fully saturated rings. The van der Waals surface area contributed by atoms with Crippen molar-refractivity contribution in [3.8, 4) is 28.6 Å². The predicted molar refractivity (Wildman–Crippen MR) is 151 cm³/mol. The SMILES string of the molecule is CCCc1nc(C)n(-c2ccc(OC3CCCC3)cc2)c(=O)c1Cc1ccc(-c2ccccc2C#N)cc1. The van der Waals surface area contributed by atoms with Gasteiger partial charge in [-0.05, 0) is 86.1 Å². The van der Waals surface area contributed by atoms with Gasteiger partial charge in [-0.15, -0.1) is 0 Å². The number of hydrogen-bond acceptors (Lipinski definition) is 4. The summed E-state index contributed by atoms with van der Waals surface area (Å²) < 4.78 is 7.83. The van der Waals surface area contributed by atoms with Crippen molar-refractivity contribution in [1.82, 2.24) is 9.55 Å². The van der Waals surface area contributed by atoms with E-state index in [0.717, 1.165) is 65.1 Å². The van der Waals surface area contributed by atoms with Crippen LogP contribution in [0.2, 0.25) is 0 Å². The molecule has 1 saturated carbocycles. The summed E-state index contributed by atoms with van der Waals surface area (Å²) in [7, 11) is 0. The Morgan fingerprint density at radius 1 is 1.00 bits per heavy atom. The van der Waals surface area contributed by atoms with E-state index in [1.165, 1.54) is 12.8 Å². The molecule has 1 aliphatic carbocycles. The molecule has 0 amide bonds. The maximum Gasteiger partial charge on any atom is 0.261 e. The summed E-state index contributed by atoms with van der Waals surface area (Å²) in [4.78, 5) is 18.8. The van der Waals surface area contributed by atoms with Gasteiger partial charge in [0.2, 0.25) is 0 Å². The first-order valence-corrected chi connectivity index (χ1v) is 13.5. The quantitative estimate of drug-likeness (QED) is 0.261. The topological polar surface area (TPSA) is 67.9 Å². The van der Waals surface area contributed by atoms with E-state index in [-0.39, 0.29) is 5.56 Å². The van der Waals surface area contributed by atoms with Crippen LogP contribution in [0.25, 0.3) is 16.8 Å². The second kappa shape index (κ2) is 11.5. The molecule has 3 aromatic carbocycles. The molecule has 5 nitrogen and oxygen atoms in total. The van der Waals surface area contributed by atoms with Crippen LogP contribution in [0.15, 0.2) is 77.6 Å². The molecule has 38 heavy (non-hydrogen) atoms. The van der Waals surface area contributed by atoms with Crippen molar-refractivity contribution >= 4 is 0 Å². The number of nitriles is 1. The molecule has 5 rings (SSSR count). The highest BCUT2D eigenvalue weighted by atomic mass is 16.5. The molecule has 5 heteroatoms. The van der Waals surface area contributed by atoms with Crippen LogP contribution in [0.5, 0.6) is 5.75 Å². The second-order valence-electron chi connectivity index (χ2n) is 10.0. The summed E-state index contributed by atoms with van der Waals surface area (Å²) in [6.07, 6.45) is 7.15. The molecule has 0 saturated heterocycles. The lowest BCUT2D eigenvalue weighted by Crippen LogP contribution is -2.28. The van der Waals surface area contributed by atoms with Crippen molar-refractivity contribution in [2.45, 2.75) is 64.9 Å². The number of hydrogen-bond donors (Lipinski definition) is 0. The molecule has 0 atom stereocenters. The highest BCUT2D eigenvalue weighted by molar-refractivity contribution is 5.70. The van der Waals surface area contributed by atoms with Gasteiger partial charge in [0.15, 0.2) is 0 Å². The molecule has 1 aromatic heterocycles. The van der Waals surface area contributed by atoms with Crippen LogP contribution in [0.3, 0.4) is 0 Å². The molecular weight excluding hydrogens is 470 g/mol. The fourth-order valence-electron chi connectivity index (χ4n) is 5.35. The summed E-state index contributed by atoms with van der Waals surface area (Å²) in [6, 6.07) is 25.8. The molecule has 0 aliphatic heterocycles. The number of aromatic nitrogens is 2. The van der Waals surface area contributed by atoms with Crippen LogP contribution in [0.1, 0.15) is 67.2 Å². The van der Waals surface area contributed by atoms with E-state index in [4.69, 9.17) is 9.72 Å². The molecular formula is C33H33N3O2. The monoisotopic (exact) mass is 503 g/mol. The van der Waals surface area contributed by atoms with Crippen LogP contribution < -0.4 is 10.3 Å². The molecule has 0 unspecified atom stereocenters. The first kappa shape index (κ1) is 25.5. The van der Waals surface area contributed by atoms with Crippen LogP contribution in [-0.2, 0) is 12.8 Å². The van der Waals surface area contributed by atoms with Crippen LogP contribution in [-0.4, -0.2) is 15.7 Å². The molecule has 1 aliphatic rings. The van der Waals surface area contributed by atoms with E-state index < -0.39 is 0 Å². The smallest absolute Gasteiger partial charge is 0.261 e. The fraction of sp³-hybridized carbons (Fsp3) is 0.303. The van der Waals surface area contributed by atoms with Crippen molar-refractivity contribution in [1.29, 1.82) is 5.26 Å². The third kappa shape index (κ3) is 5.40. The van der Waals surface area contributed by atoms with Crippen LogP contribution in [0, 0.1) is 18.3 Å². The highest BCUT2D eigenvalue weighted by Gasteiger charge is 2.18. The van der Waals surface area contributed by atoms with Gasteiger partial charge in [0.1, 0.15) is 11.6 Å². The fourth-order valence-corrected chi connectivity index (χ4v) is 5.35. The summed E-state index contributed by atoms with van der Waals surface area (Å²) in [5.41, 5.74) is 5.95. The Hall–Kier alpha value is -4.17. The minimum Gasteiger partial charge on any atom is -0.490 e. The predicted octanol–water partition coefficient (Wildman–Crippen LogP) is 6.94. The van der Waals surface area contributed by atoms with Gasteiger partial charge in [0.25, 0.3) is 5.56 Å². The number of rotatable bonds is 8. The maximum atomic E-state index is 13.9. The average molecular weight is 504 g/mol. The summed E-state index contributed by atoms with van der Waals surface area (Å²) in [5.74, 6) is 1.54. The lowest BCUT2D eigenvalue weighted by Gasteiger charge is -2.17. The maximum absolute atomic E-state index is 13.9. The number of nitrogens with zero attached hydrogens (tertiary/aromatic N) is 3. The Kier molecular flexibility index (Phi) is 7.70. The van der Waals surface area contributed by atoms with E-state index >= 15 is 0 Å². The van der Waals surface area contributed by atoms with E-state index in [1.807, 2.05) is 79.7 Å². The first-order valence-electron chi connectivity index (χ1n) is 13.5. The number of benzene rings is 3. The lowest BCUT2D eigenvalue weighted by atomic mass is 9.97. The minimum atomic E-state index is -0.0238. The molecule has 4 aromatic rings. The number of aryl methyl sites for hydroxylation is 2. The van der Waals surface area contributed by atoms with Gasteiger partial charge in [-0.2, -0.15) is 5.26 Å². The van der Waals surface area contributed by atoms with E-state index in [0.29, 0.717) is 23.9 Å². The zero-order chi connectivity index (χ0) is 26.5. The first-order chi connectivity index (χ1) is 18.6. The Morgan fingerprint density at radius 3 is 2.39 bits per heavy atom. The Labute approximate surface area is 224 Å². The zero-order valence-electron chi connectivity index (χ0n) is 22.1. The average Bonchev–Trinajstić information content (AvgIpc) is 3.45. The van der Waals surface area contributed by atoms with Gasteiger partial charge in [0, 0.05) is 12.0 Å². The molecule has 0 N–H and O–H groups in total. The normalized spacial score (nSPS) is 13.4. The third-order valence-electron chi connectivity index (χ3n) is 7.31. The van der Waals surface area contributed by atoms with Crippen molar-refractivity contribution in [3.63, 3.8) is 0 Å². The van der Waals surface area contributed by atoms with Gasteiger partial charge in [0.05, 0.1) is 29.1 Å². The van der Waals surface area contributed by atoms with Gasteiger partial charge in [-0.1, -0.05) is 55.8 Å². The lowest BCUT2D eigenvalue weighted by molar-refractivity contribution is 0.210. The van der Waals surface area contributed by atoms with E-state index in [2.05, 4.69) is 13.0 Å². The molecule has 192 valence electrons. The van der Waals surface area contributed by atoms with Crippen LogP contribution in [0.4, 0.5) is 0 Å². The summed E-state index contributed by atoms with van der Waals surface area (Å²) >= 11 is 0. The molecule has 0 bridgehead atoms. The van der Waals surface area contributed by atoms with Crippen molar-refractivity contribution in [2.24, 2.45) is 0 Å². The Balaban J connectivity index is 1.45. The second-order valence-corrected chi connectivity index (χ2v) is 10.0.